The molecule has 1 saturated carbocycles. The molecule has 1 aromatic rings. The second kappa shape index (κ2) is 8.67. The van der Waals surface area contributed by atoms with Gasteiger partial charge in [0.25, 0.3) is 5.91 Å². The first-order chi connectivity index (χ1) is 12.7. The molecular weight excluding hydrogens is 368 g/mol. The van der Waals surface area contributed by atoms with Crippen molar-refractivity contribution in [3.8, 4) is 0 Å². The van der Waals surface area contributed by atoms with Crippen LogP contribution in [0.1, 0.15) is 43.0 Å². The molecule has 2 atom stereocenters. The first kappa shape index (κ1) is 21.1. The Morgan fingerprint density at radius 1 is 1.37 bits per heavy atom. The van der Waals surface area contributed by atoms with E-state index in [-0.39, 0.29) is 23.0 Å². The van der Waals surface area contributed by atoms with Crippen molar-refractivity contribution in [2.75, 3.05) is 13.7 Å². The fourth-order valence-electron chi connectivity index (χ4n) is 3.39. The lowest BCUT2D eigenvalue weighted by molar-refractivity contribution is -0.149. The largest absolute Gasteiger partial charge is 0.469 e. The number of ether oxygens (including phenoxy) is 1. The molecule has 27 heavy (non-hydrogen) atoms. The highest BCUT2D eigenvalue weighted by atomic mass is 32.2. The highest BCUT2D eigenvalue weighted by Gasteiger charge is 2.42. The van der Waals surface area contributed by atoms with Crippen molar-refractivity contribution >= 4 is 21.9 Å². The fraction of sp³-hybridized carbons (Fsp3) is 0.474. The van der Waals surface area contributed by atoms with Gasteiger partial charge >= 0.3 is 5.97 Å². The summed E-state index contributed by atoms with van der Waals surface area (Å²) in [5.74, 6) is -1.20. The van der Waals surface area contributed by atoms with Crippen molar-refractivity contribution in [1.82, 2.24) is 10.0 Å². The molecule has 1 fully saturated rings. The van der Waals surface area contributed by atoms with Crippen LogP contribution < -0.4 is 10.0 Å². The summed E-state index contributed by atoms with van der Waals surface area (Å²) in [5.41, 5.74) is -0.523. The SMILES string of the molecule is C=CCNS(=O)(=O)c1cccc(C(=O)NC2(C)CCCCC2C(=O)OC)c1. The predicted octanol–water partition coefficient (Wildman–Crippen LogP) is 2.00. The summed E-state index contributed by atoms with van der Waals surface area (Å²) in [7, 11) is -2.39. The van der Waals surface area contributed by atoms with Crippen LogP contribution in [-0.2, 0) is 19.6 Å². The molecule has 2 unspecified atom stereocenters. The summed E-state index contributed by atoms with van der Waals surface area (Å²) in [4.78, 5) is 24.9. The Morgan fingerprint density at radius 3 is 2.78 bits per heavy atom. The summed E-state index contributed by atoms with van der Waals surface area (Å²) in [6, 6.07) is 5.79. The topological polar surface area (TPSA) is 102 Å². The van der Waals surface area contributed by atoms with Crippen LogP contribution in [0.5, 0.6) is 0 Å². The van der Waals surface area contributed by atoms with E-state index in [0.717, 1.165) is 12.8 Å². The van der Waals surface area contributed by atoms with E-state index in [2.05, 4.69) is 16.6 Å². The normalized spacial score (nSPS) is 22.7. The van der Waals surface area contributed by atoms with Crippen molar-refractivity contribution in [2.24, 2.45) is 5.92 Å². The number of esters is 1. The van der Waals surface area contributed by atoms with Crippen LogP contribution in [0.25, 0.3) is 0 Å². The Hall–Kier alpha value is -2.19. The number of sulfonamides is 1. The number of hydrogen-bond acceptors (Lipinski definition) is 5. The van der Waals surface area contributed by atoms with Crippen molar-refractivity contribution in [2.45, 2.75) is 43.0 Å². The second-order valence-electron chi connectivity index (χ2n) is 6.86. The molecule has 0 saturated heterocycles. The van der Waals surface area contributed by atoms with Gasteiger partial charge in [-0.25, -0.2) is 13.1 Å². The predicted molar refractivity (Wildman–Crippen MR) is 102 cm³/mol. The van der Waals surface area contributed by atoms with E-state index in [1.54, 1.807) is 6.07 Å². The molecule has 0 aromatic heterocycles. The second-order valence-corrected chi connectivity index (χ2v) is 8.63. The Balaban J connectivity index is 2.23. The van der Waals surface area contributed by atoms with Gasteiger partial charge in [0.1, 0.15) is 0 Å². The standard InChI is InChI=1S/C19H26N2O5S/c1-4-12-20-27(24,25)15-9-7-8-14(13-15)17(22)21-19(2)11-6-5-10-16(19)18(23)26-3/h4,7-9,13,16,20H,1,5-6,10-12H2,2-3H3,(H,21,22). The van der Waals surface area contributed by atoms with Gasteiger partial charge in [-0.3, -0.25) is 9.59 Å². The maximum Gasteiger partial charge on any atom is 0.311 e. The lowest BCUT2D eigenvalue weighted by atomic mass is 9.73. The van der Waals surface area contributed by atoms with Gasteiger partial charge in [0, 0.05) is 12.1 Å². The average molecular weight is 394 g/mol. The van der Waals surface area contributed by atoms with Gasteiger partial charge < -0.3 is 10.1 Å². The monoisotopic (exact) mass is 394 g/mol. The maximum atomic E-state index is 12.8. The summed E-state index contributed by atoms with van der Waals surface area (Å²) < 4.78 is 31.8. The fourth-order valence-corrected chi connectivity index (χ4v) is 4.44. The summed E-state index contributed by atoms with van der Waals surface area (Å²) >= 11 is 0. The molecule has 8 heteroatoms. The molecule has 1 aliphatic rings. The lowest BCUT2D eigenvalue weighted by Crippen LogP contribution is -2.55. The molecule has 0 aliphatic heterocycles. The maximum absolute atomic E-state index is 12.8. The average Bonchev–Trinajstić information content (AvgIpc) is 2.66. The zero-order valence-electron chi connectivity index (χ0n) is 15.7. The summed E-state index contributed by atoms with van der Waals surface area (Å²) in [6.07, 6.45) is 4.52. The number of methoxy groups -OCH3 is 1. The quantitative estimate of drug-likeness (QED) is 0.544. The van der Waals surface area contributed by atoms with E-state index in [4.69, 9.17) is 4.74 Å². The molecule has 0 bridgehead atoms. The molecule has 0 heterocycles. The molecule has 7 nitrogen and oxygen atoms in total. The molecule has 2 rings (SSSR count). The summed E-state index contributed by atoms with van der Waals surface area (Å²) in [6.45, 7) is 5.40. The Labute approximate surface area is 160 Å². The van der Waals surface area contributed by atoms with E-state index >= 15 is 0 Å². The molecule has 2 N–H and O–H groups in total. The number of amides is 1. The van der Waals surface area contributed by atoms with Crippen LogP contribution in [0.4, 0.5) is 0 Å². The van der Waals surface area contributed by atoms with Crippen LogP contribution in [0.3, 0.4) is 0 Å². The van der Waals surface area contributed by atoms with E-state index in [0.29, 0.717) is 12.8 Å². The third-order valence-electron chi connectivity index (χ3n) is 4.92. The van der Waals surface area contributed by atoms with Gasteiger partial charge in [0.15, 0.2) is 0 Å². The minimum atomic E-state index is -3.73. The highest BCUT2D eigenvalue weighted by molar-refractivity contribution is 7.89. The Bertz CT molecular complexity index is 821. The van der Waals surface area contributed by atoms with Crippen molar-refractivity contribution in [3.05, 3.63) is 42.5 Å². The van der Waals surface area contributed by atoms with Gasteiger partial charge in [-0.15, -0.1) is 6.58 Å². The lowest BCUT2D eigenvalue weighted by Gasteiger charge is -2.40. The molecule has 0 radical (unpaired) electrons. The number of rotatable bonds is 7. The molecule has 0 spiro atoms. The zero-order chi connectivity index (χ0) is 20.1. The number of hydrogen-bond donors (Lipinski definition) is 2. The molecule has 1 aliphatic carbocycles. The van der Waals surface area contributed by atoms with Crippen LogP contribution in [0.2, 0.25) is 0 Å². The third kappa shape index (κ3) is 4.95. The minimum Gasteiger partial charge on any atom is -0.469 e. The first-order valence-corrected chi connectivity index (χ1v) is 10.3. The van der Waals surface area contributed by atoms with Gasteiger partial charge in [-0.2, -0.15) is 0 Å². The molecule has 1 aromatic carbocycles. The summed E-state index contributed by atoms with van der Waals surface area (Å²) in [5, 5.41) is 2.93. The van der Waals surface area contributed by atoms with Gasteiger partial charge in [-0.05, 0) is 38.0 Å². The smallest absolute Gasteiger partial charge is 0.311 e. The molecule has 1 amide bonds. The van der Waals surface area contributed by atoms with Crippen molar-refractivity contribution in [3.63, 3.8) is 0 Å². The Kier molecular flexibility index (Phi) is 6.78. The van der Waals surface area contributed by atoms with Crippen LogP contribution in [0.15, 0.2) is 41.8 Å². The van der Waals surface area contributed by atoms with E-state index < -0.39 is 27.4 Å². The van der Waals surface area contributed by atoms with Crippen molar-refractivity contribution in [1.29, 1.82) is 0 Å². The van der Waals surface area contributed by atoms with Gasteiger partial charge in [0.05, 0.1) is 23.5 Å². The molecular formula is C19H26N2O5S. The zero-order valence-corrected chi connectivity index (χ0v) is 16.5. The number of carbonyl (C=O) groups is 2. The molecule has 148 valence electrons. The van der Waals surface area contributed by atoms with E-state index in [1.165, 1.54) is 31.4 Å². The van der Waals surface area contributed by atoms with Gasteiger partial charge in [-0.1, -0.05) is 25.0 Å². The van der Waals surface area contributed by atoms with Crippen LogP contribution >= 0.6 is 0 Å². The Morgan fingerprint density at radius 2 is 2.11 bits per heavy atom. The van der Waals surface area contributed by atoms with E-state index in [1.807, 2.05) is 6.92 Å². The first-order valence-electron chi connectivity index (χ1n) is 8.84. The van der Waals surface area contributed by atoms with Crippen LogP contribution in [0, 0.1) is 5.92 Å². The van der Waals surface area contributed by atoms with Crippen molar-refractivity contribution < 1.29 is 22.7 Å². The van der Waals surface area contributed by atoms with Gasteiger partial charge in [0.2, 0.25) is 10.0 Å². The highest BCUT2D eigenvalue weighted by Crippen LogP contribution is 2.34. The number of benzene rings is 1. The third-order valence-corrected chi connectivity index (χ3v) is 6.34. The number of carbonyl (C=O) groups excluding carboxylic acids is 2. The van der Waals surface area contributed by atoms with Crippen LogP contribution in [-0.4, -0.2) is 39.5 Å². The number of nitrogens with one attached hydrogen (secondary N) is 2. The van der Waals surface area contributed by atoms with E-state index in [9.17, 15) is 18.0 Å². The minimum absolute atomic E-state index is 0.00434.